The number of likely N-dealkylation sites (tertiary alicyclic amines) is 1. The SMILES string of the molecule is COc1ccc(C(=O)CN2CCC(N3Cc4ccccc4OC3=O)CC2)cc1OC. The van der Waals surface area contributed by atoms with Crippen molar-refractivity contribution < 1.29 is 23.8 Å². The molecule has 0 spiro atoms. The third-order valence-electron chi connectivity index (χ3n) is 5.82. The molecule has 1 amide bonds. The van der Waals surface area contributed by atoms with Gasteiger partial charge in [-0.15, -0.1) is 0 Å². The van der Waals surface area contributed by atoms with Gasteiger partial charge in [-0.3, -0.25) is 9.69 Å². The summed E-state index contributed by atoms with van der Waals surface area (Å²) in [5.74, 6) is 1.84. The molecule has 0 aromatic heterocycles. The van der Waals surface area contributed by atoms with Crippen LogP contribution in [-0.2, 0) is 6.54 Å². The van der Waals surface area contributed by atoms with Crippen LogP contribution in [0.4, 0.5) is 4.79 Å². The summed E-state index contributed by atoms with van der Waals surface area (Å²) in [5, 5.41) is 0. The van der Waals surface area contributed by atoms with Crippen LogP contribution in [-0.4, -0.2) is 61.6 Å². The summed E-state index contributed by atoms with van der Waals surface area (Å²) < 4.78 is 16.0. The Bertz CT molecular complexity index is 937. The second kappa shape index (κ2) is 8.75. The highest BCUT2D eigenvalue weighted by Crippen LogP contribution is 2.30. The number of hydrogen-bond acceptors (Lipinski definition) is 6. The second-order valence-electron chi connectivity index (χ2n) is 7.60. The molecule has 1 fully saturated rings. The van der Waals surface area contributed by atoms with E-state index in [0.29, 0.717) is 35.9 Å². The third-order valence-corrected chi connectivity index (χ3v) is 5.82. The van der Waals surface area contributed by atoms with Gasteiger partial charge in [-0.2, -0.15) is 0 Å². The van der Waals surface area contributed by atoms with Gasteiger partial charge < -0.3 is 19.1 Å². The van der Waals surface area contributed by atoms with Gasteiger partial charge in [0.2, 0.25) is 0 Å². The Morgan fingerprint density at radius 3 is 2.53 bits per heavy atom. The maximum absolute atomic E-state index is 12.7. The number of ketones is 1. The highest BCUT2D eigenvalue weighted by Gasteiger charge is 2.33. The van der Waals surface area contributed by atoms with Gasteiger partial charge in [0.15, 0.2) is 17.3 Å². The Balaban J connectivity index is 1.34. The lowest BCUT2D eigenvalue weighted by Gasteiger charge is -2.39. The van der Waals surface area contributed by atoms with E-state index in [9.17, 15) is 9.59 Å². The van der Waals surface area contributed by atoms with E-state index < -0.39 is 0 Å². The van der Waals surface area contributed by atoms with Gasteiger partial charge in [-0.1, -0.05) is 18.2 Å². The summed E-state index contributed by atoms with van der Waals surface area (Å²) in [6.45, 7) is 2.43. The number of piperidine rings is 1. The summed E-state index contributed by atoms with van der Waals surface area (Å²) in [7, 11) is 3.13. The molecule has 7 heteroatoms. The first kappa shape index (κ1) is 20.2. The van der Waals surface area contributed by atoms with Gasteiger partial charge in [-0.25, -0.2) is 4.79 Å². The number of carbonyl (C=O) groups is 2. The molecule has 7 nitrogen and oxygen atoms in total. The summed E-state index contributed by atoms with van der Waals surface area (Å²) in [4.78, 5) is 29.1. The predicted octanol–water partition coefficient (Wildman–Crippen LogP) is 3.37. The number of rotatable bonds is 6. The number of benzene rings is 2. The van der Waals surface area contributed by atoms with Gasteiger partial charge in [0.05, 0.1) is 27.3 Å². The maximum Gasteiger partial charge on any atom is 0.415 e. The first-order valence-electron chi connectivity index (χ1n) is 10.1. The van der Waals surface area contributed by atoms with Crippen molar-refractivity contribution in [2.75, 3.05) is 33.9 Å². The number of hydrogen-bond donors (Lipinski definition) is 0. The van der Waals surface area contributed by atoms with Crippen molar-refractivity contribution in [3.05, 3.63) is 53.6 Å². The molecule has 2 heterocycles. The first-order valence-corrected chi connectivity index (χ1v) is 10.1. The van der Waals surface area contributed by atoms with Crippen molar-refractivity contribution in [2.24, 2.45) is 0 Å². The van der Waals surface area contributed by atoms with E-state index in [1.54, 1.807) is 32.4 Å². The van der Waals surface area contributed by atoms with Crippen molar-refractivity contribution in [2.45, 2.75) is 25.4 Å². The fourth-order valence-electron chi connectivity index (χ4n) is 4.11. The lowest BCUT2D eigenvalue weighted by atomic mass is 10.0. The molecule has 2 aliphatic heterocycles. The van der Waals surface area contributed by atoms with Crippen molar-refractivity contribution in [3.8, 4) is 17.2 Å². The van der Waals surface area contributed by atoms with Crippen LogP contribution < -0.4 is 14.2 Å². The summed E-state index contributed by atoms with van der Waals surface area (Å²) >= 11 is 0. The van der Waals surface area contributed by atoms with Gasteiger partial charge in [0.1, 0.15) is 5.75 Å². The molecule has 0 saturated carbocycles. The van der Waals surface area contributed by atoms with E-state index in [4.69, 9.17) is 14.2 Å². The molecule has 2 aromatic carbocycles. The standard InChI is InChI=1S/C23H26N2O5/c1-28-21-8-7-16(13-22(21)29-2)19(26)15-24-11-9-18(10-12-24)25-14-17-5-3-4-6-20(17)30-23(25)27/h3-8,13,18H,9-12,14-15H2,1-2H3. The average molecular weight is 410 g/mol. The van der Waals surface area contributed by atoms with Crippen LogP contribution in [0.1, 0.15) is 28.8 Å². The predicted molar refractivity (Wildman–Crippen MR) is 111 cm³/mol. The highest BCUT2D eigenvalue weighted by atomic mass is 16.6. The normalized spacial score (nSPS) is 17.3. The Morgan fingerprint density at radius 1 is 1.07 bits per heavy atom. The summed E-state index contributed by atoms with van der Waals surface area (Å²) in [5.41, 5.74) is 1.63. The second-order valence-corrected chi connectivity index (χ2v) is 7.60. The van der Waals surface area contributed by atoms with Gasteiger partial charge >= 0.3 is 6.09 Å². The fraction of sp³-hybridized carbons (Fsp3) is 0.391. The zero-order chi connectivity index (χ0) is 21.1. The van der Waals surface area contributed by atoms with E-state index in [1.807, 2.05) is 29.2 Å². The van der Waals surface area contributed by atoms with Gasteiger partial charge in [0.25, 0.3) is 0 Å². The number of Topliss-reactive ketones (excluding diaryl/α,β-unsaturated/α-hetero) is 1. The fourth-order valence-corrected chi connectivity index (χ4v) is 4.11. The van der Waals surface area contributed by atoms with Gasteiger partial charge in [0, 0.05) is 30.3 Å². The van der Waals surface area contributed by atoms with Crippen LogP contribution in [0.25, 0.3) is 0 Å². The number of para-hydroxylation sites is 1. The van der Waals surface area contributed by atoms with E-state index in [0.717, 1.165) is 31.5 Å². The number of methoxy groups -OCH3 is 2. The summed E-state index contributed by atoms with van der Waals surface area (Å²) in [6.07, 6.45) is 1.35. The quantitative estimate of drug-likeness (QED) is 0.681. The van der Waals surface area contributed by atoms with E-state index in [-0.39, 0.29) is 17.9 Å². The molecular weight excluding hydrogens is 384 g/mol. The van der Waals surface area contributed by atoms with Crippen LogP contribution in [0, 0.1) is 0 Å². The van der Waals surface area contributed by atoms with Crippen molar-refractivity contribution in [1.29, 1.82) is 0 Å². The number of ether oxygens (including phenoxy) is 3. The zero-order valence-electron chi connectivity index (χ0n) is 17.3. The highest BCUT2D eigenvalue weighted by molar-refractivity contribution is 5.98. The molecule has 0 atom stereocenters. The van der Waals surface area contributed by atoms with Crippen molar-refractivity contribution in [3.63, 3.8) is 0 Å². The van der Waals surface area contributed by atoms with Crippen LogP contribution in [0.5, 0.6) is 17.2 Å². The molecule has 0 radical (unpaired) electrons. The van der Waals surface area contributed by atoms with Crippen LogP contribution in [0.3, 0.4) is 0 Å². The molecule has 0 unspecified atom stereocenters. The minimum atomic E-state index is -0.284. The van der Waals surface area contributed by atoms with Crippen molar-refractivity contribution >= 4 is 11.9 Å². The van der Waals surface area contributed by atoms with Crippen molar-refractivity contribution in [1.82, 2.24) is 9.80 Å². The Morgan fingerprint density at radius 2 is 1.80 bits per heavy atom. The molecule has 0 bridgehead atoms. The third kappa shape index (κ3) is 4.11. The number of fused-ring (bicyclic) bond motifs is 1. The molecule has 0 N–H and O–H groups in total. The van der Waals surface area contributed by atoms with E-state index >= 15 is 0 Å². The van der Waals surface area contributed by atoms with Crippen LogP contribution in [0.15, 0.2) is 42.5 Å². The number of nitrogens with zero attached hydrogens (tertiary/aromatic N) is 2. The number of amides is 1. The topological polar surface area (TPSA) is 68.3 Å². The lowest BCUT2D eigenvalue weighted by Crippen LogP contribution is -2.50. The average Bonchev–Trinajstić information content (AvgIpc) is 2.78. The van der Waals surface area contributed by atoms with Gasteiger partial charge in [-0.05, 0) is 37.1 Å². The molecule has 0 aliphatic carbocycles. The largest absolute Gasteiger partial charge is 0.493 e. The number of carbonyl (C=O) groups excluding carboxylic acids is 2. The summed E-state index contributed by atoms with van der Waals surface area (Å²) in [6, 6.07) is 13.0. The lowest BCUT2D eigenvalue weighted by molar-refractivity contribution is 0.0739. The Kier molecular flexibility index (Phi) is 5.90. The molecular formula is C23H26N2O5. The molecule has 158 valence electrons. The monoisotopic (exact) mass is 410 g/mol. The molecule has 1 saturated heterocycles. The molecule has 2 aromatic rings. The Hall–Kier alpha value is -3.06. The minimum absolute atomic E-state index is 0.0423. The maximum atomic E-state index is 12.7. The first-order chi connectivity index (χ1) is 14.6. The van der Waals surface area contributed by atoms with E-state index in [2.05, 4.69) is 4.90 Å². The van der Waals surface area contributed by atoms with Crippen LogP contribution in [0.2, 0.25) is 0 Å². The minimum Gasteiger partial charge on any atom is -0.493 e. The van der Waals surface area contributed by atoms with E-state index in [1.165, 1.54) is 0 Å². The molecule has 4 rings (SSSR count). The molecule has 2 aliphatic rings. The zero-order valence-corrected chi connectivity index (χ0v) is 17.3. The van der Waals surface area contributed by atoms with Crippen LogP contribution >= 0.6 is 0 Å². The Labute approximate surface area is 176 Å². The smallest absolute Gasteiger partial charge is 0.415 e. The molecule has 30 heavy (non-hydrogen) atoms.